The van der Waals surface area contributed by atoms with Crippen LogP contribution in [-0.4, -0.2) is 13.2 Å². The maximum absolute atomic E-state index is 12.7. The minimum atomic E-state index is -4.39. The van der Waals surface area contributed by atoms with E-state index < -0.39 is 11.7 Å². The molecule has 0 heterocycles. The lowest BCUT2D eigenvalue weighted by atomic mass is 10.0. The first-order valence-electron chi connectivity index (χ1n) is 4.95. The molecule has 2 unspecified atom stereocenters. The number of para-hydroxylation sites is 1. The molecular formula is C11H12F3NO. The number of hydrogen-bond acceptors (Lipinski definition) is 2. The Morgan fingerprint density at radius 3 is 2.44 bits per heavy atom. The quantitative estimate of drug-likeness (QED) is 0.848. The molecule has 1 fully saturated rings. The van der Waals surface area contributed by atoms with E-state index >= 15 is 0 Å². The molecule has 1 aliphatic carbocycles. The molecule has 0 amide bonds. The van der Waals surface area contributed by atoms with Gasteiger partial charge in [-0.3, -0.25) is 0 Å². The second kappa shape index (κ2) is 3.66. The first-order valence-corrected chi connectivity index (χ1v) is 4.95. The van der Waals surface area contributed by atoms with E-state index in [-0.39, 0.29) is 17.7 Å². The lowest BCUT2D eigenvalue weighted by Gasteiger charge is -2.15. The zero-order chi connectivity index (χ0) is 11.9. The number of ether oxygens (including phenoxy) is 1. The van der Waals surface area contributed by atoms with Gasteiger partial charge < -0.3 is 10.5 Å². The molecule has 0 radical (unpaired) electrons. The van der Waals surface area contributed by atoms with Crippen LogP contribution in [0.4, 0.5) is 13.2 Å². The standard InChI is InChI=1S/C11H12F3NO/c1-16-10-6(7-5-9(7)15)3-2-4-8(10)11(12,13)14/h2-4,7,9H,5,15H2,1H3. The molecule has 0 spiro atoms. The summed E-state index contributed by atoms with van der Waals surface area (Å²) in [7, 11) is 1.25. The minimum absolute atomic E-state index is 0.00255. The molecule has 1 aliphatic rings. The summed E-state index contributed by atoms with van der Waals surface area (Å²) in [4.78, 5) is 0. The van der Waals surface area contributed by atoms with E-state index in [0.29, 0.717) is 5.56 Å². The van der Waals surface area contributed by atoms with Crippen molar-refractivity contribution in [1.82, 2.24) is 0 Å². The fourth-order valence-electron chi connectivity index (χ4n) is 1.87. The van der Waals surface area contributed by atoms with Gasteiger partial charge in [-0.15, -0.1) is 0 Å². The molecular weight excluding hydrogens is 219 g/mol. The van der Waals surface area contributed by atoms with Crippen molar-refractivity contribution in [2.45, 2.75) is 24.6 Å². The van der Waals surface area contributed by atoms with Crippen LogP contribution in [-0.2, 0) is 6.18 Å². The molecule has 0 saturated heterocycles. The summed E-state index contributed by atoms with van der Waals surface area (Å²) in [5, 5.41) is 0. The van der Waals surface area contributed by atoms with Gasteiger partial charge in [-0.1, -0.05) is 12.1 Å². The summed E-state index contributed by atoms with van der Waals surface area (Å²) >= 11 is 0. The zero-order valence-electron chi connectivity index (χ0n) is 8.71. The van der Waals surface area contributed by atoms with Crippen molar-refractivity contribution < 1.29 is 17.9 Å². The van der Waals surface area contributed by atoms with Crippen LogP contribution >= 0.6 is 0 Å². The van der Waals surface area contributed by atoms with Gasteiger partial charge in [-0.25, -0.2) is 0 Å². The molecule has 1 saturated carbocycles. The molecule has 0 aromatic heterocycles. The van der Waals surface area contributed by atoms with Crippen molar-refractivity contribution in [1.29, 1.82) is 0 Å². The fourth-order valence-corrected chi connectivity index (χ4v) is 1.87. The van der Waals surface area contributed by atoms with E-state index in [1.165, 1.54) is 13.2 Å². The highest BCUT2D eigenvalue weighted by molar-refractivity contribution is 5.47. The van der Waals surface area contributed by atoms with Crippen LogP contribution in [0.25, 0.3) is 0 Å². The number of methoxy groups -OCH3 is 1. The Bertz CT molecular complexity index is 403. The predicted molar refractivity (Wildman–Crippen MR) is 53.3 cm³/mol. The Balaban J connectivity index is 2.47. The lowest BCUT2D eigenvalue weighted by Crippen LogP contribution is -2.10. The highest BCUT2D eigenvalue weighted by Gasteiger charge is 2.41. The summed E-state index contributed by atoms with van der Waals surface area (Å²) < 4.78 is 42.9. The molecule has 0 aliphatic heterocycles. The third kappa shape index (κ3) is 1.87. The number of halogens is 3. The van der Waals surface area contributed by atoms with Crippen molar-refractivity contribution >= 4 is 0 Å². The van der Waals surface area contributed by atoms with Crippen LogP contribution in [0.15, 0.2) is 18.2 Å². The molecule has 2 atom stereocenters. The van der Waals surface area contributed by atoms with Crippen molar-refractivity contribution in [3.63, 3.8) is 0 Å². The Morgan fingerprint density at radius 2 is 2.00 bits per heavy atom. The second-order valence-electron chi connectivity index (χ2n) is 3.93. The van der Waals surface area contributed by atoms with Crippen LogP contribution < -0.4 is 10.5 Å². The summed E-state index contributed by atoms with van der Waals surface area (Å²) in [6, 6.07) is 4.02. The molecule has 2 rings (SSSR count). The molecule has 2 N–H and O–H groups in total. The molecule has 5 heteroatoms. The first kappa shape index (κ1) is 11.3. The van der Waals surface area contributed by atoms with E-state index in [1.54, 1.807) is 6.07 Å². The van der Waals surface area contributed by atoms with E-state index in [9.17, 15) is 13.2 Å². The summed E-state index contributed by atoms with van der Waals surface area (Å²) in [5.74, 6) is -0.0924. The van der Waals surface area contributed by atoms with Gasteiger partial charge in [0.05, 0.1) is 12.7 Å². The molecule has 16 heavy (non-hydrogen) atoms. The van der Waals surface area contributed by atoms with Gasteiger partial charge in [-0.2, -0.15) is 13.2 Å². The zero-order valence-corrected chi connectivity index (χ0v) is 8.71. The molecule has 2 nitrogen and oxygen atoms in total. The van der Waals surface area contributed by atoms with Crippen LogP contribution in [0.3, 0.4) is 0 Å². The van der Waals surface area contributed by atoms with Gasteiger partial charge >= 0.3 is 6.18 Å². The monoisotopic (exact) mass is 231 g/mol. The van der Waals surface area contributed by atoms with Gasteiger partial charge in [0.2, 0.25) is 0 Å². The van der Waals surface area contributed by atoms with Crippen LogP contribution in [0.5, 0.6) is 5.75 Å². The first-order chi connectivity index (χ1) is 7.45. The van der Waals surface area contributed by atoms with E-state index in [4.69, 9.17) is 10.5 Å². The molecule has 88 valence electrons. The largest absolute Gasteiger partial charge is 0.496 e. The summed E-state index contributed by atoms with van der Waals surface area (Å²) in [6.07, 6.45) is -3.67. The third-order valence-corrected chi connectivity index (χ3v) is 2.79. The Labute approximate surface area is 91.2 Å². The summed E-state index contributed by atoms with van der Waals surface area (Å²) in [6.45, 7) is 0. The number of benzene rings is 1. The molecule has 0 bridgehead atoms. The van der Waals surface area contributed by atoms with Crippen LogP contribution in [0.2, 0.25) is 0 Å². The minimum Gasteiger partial charge on any atom is -0.496 e. The number of rotatable bonds is 2. The van der Waals surface area contributed by atoms with Gasteiger partial charge in [-0.05, 0) is 18.1 Å². The highest BCUT2D eigenvalue weighted by atomic mass is 19.4. The smallest absolute Gasteiger partial charge is 0.419 e. The molecule has 1 aromatic rings. The van der Waals surface area contributed by atoms with E-state index in [2.05, 4.69) is 0 Å². The maximum atomic E-state index is 12.7. The number of hydrogen-bond donors (Lipinski definition) is 1. The van der Waals surface area contributed by atoms with Crippen molar-refractivity contribution in [3.8, 4) is 5.75 Å². The van der Waals surface area contributed by atoms with E-state index in [0.717, 1.165) is 12.5 Å². The average Bonchev–Trinajstić information content (AvgIpc) is 2.93. The Kier molecular flexibility index (Phi) is 2.58. The van der Waals surface area contributed by atoms with E-state index in [1.807, 2.05) is 0 Å². The summed E-state index contributed by atoms with van der Waals surface area (Å²) in [5.41, 5.74) is 5.47. The normalized spacial score (nSPS) is 24.3. The van der Waals surface area contributed by atoms with Crippen molar-refractivity contribution in [3.05, 3.63) is 29.3 Å². The third-order valence-electron chi connectivity index (χ3n) is 2.79. The van der Waals surface area contributed by atoms with Gasteiger partial charge in [0.1, 0.15) is 5.75 Å². The van der Waals surface area contributed by atoms with Crippen molar-refractivity contribution in [2.75, 3.05) is 7.11 Å². The Morgan fingerprint density at radius 1 is 1.38 bits per heavy atom. The second-order valence-corrected chi connectivity index (χ2v) is 3.93. The van der Waals surface area contributed by atoms with Gasteiger partial charge in [0, 0.05) is 12.0 Å². The number of alkyl halides is 3. The SMILES string of the molecule is COc1c(C2CC2N)cccc1C(F)(F)F. The Hall–Kier alpha value is -1.23. The van der Waals surface area contributed by atoms with Gasteiger partial charge in [0.15, 0.2) is 0 Å². The van der Waals surface area contributed by atoms with Crippen LogP contribution in [0, 0.1) is 0 Å². The number of nitrogens with two attached hydrogens (primary N) is 1. The predicted octanol–water partition coefficient (Wildman–Crippen LogP) is 2.53. The maximum Gasteiger partial charge on any atom is 0.419 e. The highest BCUT2D eigenvalue weighted by Crippen LogP contribution is 2.47. The molecule has 1 aromatic carbocycles. The van der Waals surface area contributed by atoms with Gasteiger partial charge in [0.25, 0.3) is 0 Å². The average molecular weight is 231 g/mol. The topological polar surface area (TPSA) is 35.2 Å². The lowest BCUT2D eigenvalue weighted by molar-refractivity contribution is -0.138. The van der Waals surface area contributed by atoms with Crippen molar-refractivity contribution in [2.24, 2.45) is 5.73 Å². The fraction of sp³-hybridized carbons (Fsp3) is 0.455. The van der Waals surface area contributed by atoms with Crippen LogP contribution in [0.1, 0.15) is 23.5 Å².